The number of benzene rings is 1. The Morgan fingerprint density at radius 2 is 1.66 bits per heavy atom. The molecule has 3 amide bonds. The average Bonchev–Trinajstić information content (AvgIpc) is 3.18. The standard InChI is InChI=1S/C30H37N3O5/c1-29-14-8-16-31(20-21-10-4-2-5-11-21)26(35)23(29)24-27(36)33(18-19-34)25-28(37)32(22-12-6-3-7-13-22)17-9-15-30(24,25)38-29/h2,4-5,8-11,14-15,22-25,34H,3,6-7,12-13,16-20H2,1H3/t23-,24+,25?,29+,30+/m1/s1. The molecule has 8 nitrogen and oxygen atoms in total. The van der Waals surface area contributed by atoms with E-state index in [9.17, 15) is 19.5 Å². The Kier molecular flexibility index (Phi) is 6.43. The van der Waals surface area contributed by atoms with E-state index < -0.39 is 29.1 Å². The lowest BCUT2D eigenvalue weighted by Gasteiger charge is -2.40. The van der Waals surface area contributed by atoms with Crippen molar-refractivity contribution in [1.29, 1.82) is 0 Å². The van der Waals surface area contributed by atoms with Crippen molar-refractivity contribution in [3.63, 3.8) is 0 Å². The van der Waals surface area contributed by atoms with Crippen molar-refractivity contribution in [1.82, 2.24) is 14.7 Å². The predicted octanol–water partition coefficient (Wildman–Crippen LogP) is 2.28. The molecule has 0 aromatic heterocycles. The molecule has 1 aliphatic carbocycles. The highest BCUT2D eigenvalue weighted by molar-refractivity contribution is 6.00. The van der Waals surface area contributed by atoms with Crippen LogP contribution in [0, 0.1) is 11.8 Å². The predicted molar refractivity (Wildman–Crippen MR) is 141 cm³/mol. The molecule has 202 valence electrons. The van der Waals surface area contributed by atoms with Crippen LogP contribution < -0.4 is 0 Å². The number of carbonyl (C=O) groups excluding carboxylic acids is 3. The fourth-order valence-corrected chi connectivity index (χ4v) is 7.60. The van der Waals surface area contributed by atoms with Gasteiger partial charge in [-0.25, -0.2) is 0 Å². The van der Waals surface area contributed by atoms with Crippen molar-refractivity contribution >= 4 is 17.7 Å². The summed E-state index contributed by atoms with van der Waals surface area (Å²) >= 11 is 0. The molecule has 1 spiro atoms. The smallest absolute Gasteiger partial charge is 0.249 e. The van der Waals surface area contributed by atoms with Crippen molar-refractivity contribution in [3.05, 3.63) is 60.2 Å². The summed E-state index contributed by atoms with van der Waals surface area (Å²) in [5.41, 5.74) is -1.28. The number of nitrogens with zero attached hydrogens (tertiary/aromatic N) is 3. The second-order valence-electron chi connectivity index (χ2n) is 11.5. The maximum atomic E-state index is 14.3. The maximum Gasteiger partial charge on any atom is 0.249 e. The topological polar surface area (TPSA) is 90.4 Å². The number of β-amino-alcohol motifs (C(OH)–C–C–N with tert-alkyl or cyclic N) is 1. The Labute approximate surface area is 223 Å². The molecule has 0 bridgehead atoms. The maximum absolute atomic E-state index is 14.3. The summed E-state index contributed by atoms with van der Waals surface area (Å²) in [6, 6.07) is 9.04. The van der Waals surface area contributed by atoms with E-state index in [2.05, 4.69) is 0 Å². The Bertz CT molecular complexity index is 1160. The molecule has 1 N–H and O–H groups in total. The van der Waals surface area contributed by atoms with E-state index in [0.29, 0.717) is 19.6 Å². The Morgan fingerprint density at radius 3 is 2.39 bits per heavy atom. The normalized spacial score (nSPS) is 35.3. The molecule has 0 radical (unpaired) electrons. The first-order valence-electron chi connectivity index (χ1n) is 14.0. The molecule has 4 heterocycles. The molecule has 1 aromatic carbocycles. The van der Waals surface area contributed by atoms with Crippen LogP contribution in [-0.2, 0) is 25.7 Å². The first-order valence-corrected chi connectivity index (χ1v) is 14.0. The second kappa shape index (κ2) is 9.65. The number of amides is 3. The fourth-order valence-electron chi connectivity index (χ4n) is 7.60. The van der Waals surface area contributed by atoms with Gasteiger partial charge in [0.2, 0.25) is 17.7 Å². The highest BCUT2D eigenvalue weighted by Gasteiger charge is 2.74. The molecule has 6 rings (SSSR count). The van der Waals surface area contributed by atoms with E-state index in [1.54, 1.807) is 4.90 Å². The lowest BCUT2D eigenvalue weighted by molar-refractivity contribution is -0.154. The number of likely N-dealkylation sites (tertiary alicyclic amines) is 1. The number of carbonyl (C=O) groups is 3. The van der Waals surface area contributed by atoms with Gasteiger partial charge in [-0.3, -0.25) is 14.4 Å². The minimum Gasteiger partial charge on any atom is -0.395 e. The molecule has 8 heteroatoms. The number of aliphatic hydroxyl groups is 1. The van der Waals surface area contributed by atoms with Gasteiger partial charge in [-0.15, -0.1) is 0 Å². The Balaban J connectivity index is 1.40. The van der Waals surface area contributed by atoms with Crippen LogP contribution in [0.5, 0.6) is 0 Å². The van der Waals surface area contributed by atoms with Crippen molar-refractivity contribution in [3.8, 4) is 0 Å². The van der Waals surface area contributed by atoms with Gasteiger partial charge in [-0.2, -0.15) is 0 Å². The van der Waals surface area contributed by atoms with Crippen LogP contribution in [0.1, 0.15) is 44.6 Å². The van der Waals surface area contributed by atoms with Gasteiger partial charge in [0.25, 0.3) is 0 Å². The molecule has 1 saturated carbocycles. The number of aliphatic hydroxyl groups excluding tert-OH is 1. The molecule has 1 aromatic rings. The van der Waals surface area contributed by atoms with E-state index in [-0.39, 0.29) is 36.9 Å². The summed E-state index contributed by atoms with van der Waals surface area (Å²) in [5, 5.41) is 9.89. The molecule has 3 fully saturated rings. The number of fused-ring (bicyclic) bond motifs is 2. The molecule has 2 saturated heterocycles. The molecule has 4 aliphatic heterocycles. The summed E-state index contributed by atoms with van der Waals surface area (Å²) in [6.07, 6.45) is 13.0. The second-order valence-corrected chi connectivity index (χ2v) is 11.5. The number of ether oxygens (including phenoxy) is 1. The Morgan fingerprint density at radius 1 is 0.921 bits per heavy atom. The fraction of sp³-hybridized carbons (Fsp3) is 0.567. The number of hydrogen-bond donors (Lipinski definition) is 1. The highest BCUT2D eigenvalue weighted by Crippen LogP contribution is 2.57. The van der Waals surface area contributed by atoms with Crippen LogP contribution in [0.25, 0.3) is 0 Å². The van der Waals surface area contributed by atoms with Gasteiger partial charge in [0.1, 0.15) is 11.6 Å². The van der Waals surface area contributed by atoms with Gasteiger partial charge < -0.3 is 24.5 Å². The zero-order chi connectivity index (χ0) is 26.5. The summed E-state index contributed by atoms with van der Waals surface area (Å²) in [7, 11) is 0. The van der Waals surface area contributed by atoms with Crippen LogP contribution >= 0.6 is 0 Å². The summed E-state index contributed by atoms with van der Waals surface area (Å²) in [5.74, 6) is -2.18. The monoisotopic (exact) mass is 519 g/mol. The highest BCUT2D eigenvalue weighted by atomic mass is 16.5. The number of rotatable bonds is 5. The van der Waals surface area contributed by atoms with Crippen molar-refractivity contribution in [2.75, 3.05) is 26.2 Å². The van der Waals surface area contributed by atoms with Crippen LogP contribution in [0.4, 0.5) is 0 Å². The first kappa shape index (κ1) is 25.3. The van der Waals surface area contributed by atoms with Gasteiger partial charge >= 0.3 is 0 Å². The molecule has 1 unspecified atom stereocenters. The molecular weight excluding hydrogens is 482 g/mol. The first-order chi connectivity index (χ1) is 18.4. The molecule has 5 atom stereocenters. The zero-order valence-corrected chi connectivity index (χ0v) is 22.0. The van der Waals surface area contributed by atoms with Crippen molar-refractivity contribution < 1.29 is 24.2 Å². The van der Waals surface area contributed by atoms with Gasteiger partial charge in [0, 0.05) is 32.2 Å². The third-order valence-corrected chi connectivity index (χ3v) is 9.24. The van der Waals surface area contributed by atoms with E-state index in [4.69, 9.17) is 4.74 Å². The SMILES string of the molecule is C[C@]12C=CCN(Cc3ccccc3)C(=O)[C@H]1[C@H]1C(=O)N(CCO)C3C(=O)N(C4CCCCC4)CC=C[C@@]31O2. The van der Waals surface area contributed by atoms with Crippen molar-refractivity contribution in [2.24, 2.45) is 11.8 Å². The third-order valence-electron chi connectivity index (χ3n) is 9.24. The minimum atomic E-state index is -1.26. The van der Waals surface area contributed by atoms with Gasteiger partial charge in [0.05, 0.1) is 24.0 Å². The quantitative estimate of drug-likeness (QED) is 0.603. The van der Waals surface area contributed by atoms with Crippen LogP contribution in [0.2, 0.25) is 0 Å². The molecule has 38 heavy (non-hydrogen) atoms. The molecule has 5 aliphatic rings. The van der Waals surface area contributed by atoms with E-state index >= 15 is 0 Å². The van der Waals surface area contributed by atoms with E-state index in [1.807, 2.05) is 66.5 Å². The largest absolute Gasteiger partial charge is 0.395 e. The summed E-state index contributed by atoms with van der Waals surface area (Å²) in [6.45, 7) is 2.95. The average molecular weight is 520 g/mol. The summed E-state index contributed by atoms with van der Waals surface area (Å²) in [4.78, 5) is 47.8. The van der Waals surface area contributed by atoms with E-state index in [0.717, 1.165) is 31.2 Å². The lowest BCUT2D eigenvalue weighted by atomic mass is 9.74. The van der Waals surface area contributed by atoms with Crippen LogP contribution in [-0.4, -0.2) is 87.1 Å². The Hall–Kier alpha value is -2.97. The lowest BCUT2D eigenvalue weighted by Crippen LogP contribution is -2.58. The third kappa shape index (κ3) is 3.83. The van der Waals surface area contributed by atoms with Crippen LogP contribution in [0.15, 0.2) is 54.6 Å². The molecular formula is C30H37N3O5. The number of hydrogen-bond acceptors (Lipinski definition) is 5. The summed E-state index contributed by atoms with van der Waals surface area (Å²) < 4.78 is 6.84. The minimum absolute atomic E-state index is 0.0321. The van der Waals surface area contributed by atoms with E-state index in [1.165, 1.54) is 11.3 Å². The van der Waals surface area contributed by atoms with Gasteiger partial charge in [-0.05, 0) is 25.3 Å². The van der Waals surface area contributed by atoms with Crippen LogP contribution in [0.3, 0.4) is 0 Å². The van der Waals surface area contributed by atoms with Crippen molar-refractivity contribution in [2.45, 2.75) is 68.9 Å². The zero-order valence-electron chi connectivity index (χ0n) is 22.0. The van der Waals surface area contributed by atoms with Gasteiger partial charge in [0.15, 0.2) is 0 Å². The van der Waals surface area contributed by atoms with Gasteiger partial charge in [-0.1, -0.05) is 73.9 Å².